The first kappa shape index (κ1) is 30.1. The highest BCUT2D eigenvalue weighted by Crippen LogP contribution is 2.38. The normalized spacial score (nSPS) is 10.8. The molecule has 0 aliphatic carbocycles. The Hall–Kier alpha value is -7.21. The molecule has 232 valence electrons. The number of rotatable bonds is 6. The molecule has 0 atom stereocenters. The second-order valence-electron chi connectivity index (χ2n) is 11.9. The van der Waals surface area contributed by atoms with Crippen molar-refractivity contribution in [3.8, 4) is 79.7 Å². The molecule has 0 fully saturated rings. The van der Waals surface area contributed by atoms with Crippen LogP contribution in [-0.2, 0) is 0 Å². The zero-order chi connectivity index (χ0) is 33.9. The van der Waals surface area contributed by atoms with Gasteiger partial charge in [-0.15, -0.1) is 0 Å². The lowest BCUT2D eigenvalue weighted by Crippen LogP contribution is -2.00. The standard InChI is InChI=1S/C45H27N5/c46-28-30-25-31(29-47)27-39(26-30)32-17-19-33(20-18-32)40-15-7-13-35-14-8-16-41(42(35)40)34-21-23-38(24-22-34)45-49-43(36-9-3-1-4-10-36)48-44(50-45)37-11-5-2-6-12-37/h1-27H. The molecule has 0 aliphatic heterocycles. The average molecular weight is 638 g/mol. The molecule has 0 saturated carbocycles. The zero-order valence-electron chi connectivity index (χ0n) is 26.8. The van der Waals surface area contributed by atoms with Gasteiger partial charge in [0.2, 0.25) is 0 Å². The minimum atomic E-state index is 0.469. The first-order valence-electron chi connectivity index (χ1n) is 16.2. The first-order valence-corrected chi connectivity index (χ1v) is 16.2. The Labute approximate surface area is 290 Å². The van der Waals surface area contributed by atoms with E-state index in [1.807, 2.05) is 84.9 Å². The van der Waals surface area contributed by atoms with Crippen LogP contribution in [0.25, 0.3) is 78.3 Å². The van der Waals surface area contributed by atoms with Crippen molar-refractivity contribution in [2.24, 2.45) is 0 Å². The van der Waals surface area contributed by atoms with E-state index in [1.54, 1.807) is 6.07 Å². The van der Waals surface area contributed by atoms with Gasteiger partial charge < -0.3 is 0 Å². The highest BCUT2D eigenvalue weighted by Gasteiger charge is 2.14. The SMILES string of the molecule is N#Cc1cc(C#N)cc(-c2ccc(-c3cccc4cccc(-c5ccc(-c6nc(-c7ccccc7)nc(-c7ccccc7)n6)cc5)c34)cc2)c1. The van der Waals surface area contributed by atoms with E-state index in [-0.39, 0.29) is 0 Å². The van der Waals surface area contributed by atoms with Crippen LogP contribution in [-0.4, -0.2) is 15.0 Å². The van der Waals surface area contributed by atoms with Crippen molar-refractivity contribution in [2.45, 2.75) is 0 Å². The van der Waals surface area contributed by atoms with Gasteiger partial charge in [-0.25, -0.2) is 15.0 Å². The molecule has 0 aliphatic rings. The molecule has 0 amide bonds. The van der Waals surface area contributed by atoms with Gasteiger partial charge in [-0.3, -0.25) is 0 Å². The van der Waals surface area contributed by atoms with Gasteiger partial charge in [-0.1, -0.05) is 146 Å². The maximum atomic E-state index is 9.46. The van der Waals surface area contributed by atoms with Crippen molar-refractivity contribution in [2.75, 3.05) is 0 Å². The van der Waals surface area contributed by atoms with Gasteiger partial charge in [0.1, 0.15) is 0 Å². The van der Waals surface area contributed by atoms with E-state index in [9.17, 15) is 10.5 Å². The summed E-state index contributed by atoms with van der Waals surface area (Å²) < 4.78 is 0. The number of nitrogens with zero attached hydrogens (tertiary/aromatic N) is 5. The number of aromatic nitrogens is 3. The minimum Gasteiger partial charge on any atom is -0.208 e. The quantitative estimate of drug-likeness (QED) is 0.181. The summed E-state index contributed by atoms with van der Waals surface area (Å²) >= 11 is 0. The predicted octanol–water partition coefficient (Wildman–Crippen LogP) is 10.8. The molecule has 50 heavy (non-hydrogen) atoms. The second kappa shape index (κ2) is 13.1. The topological polar surface area (TPSA) is 86.2 Å². The van der Waals surface area contributed by atoms with Crippen LogP contribution in [0.3, 0.4) is 0 Å². The van der Waals surface area contributed by atoms with E-state index in [0.717, 1.165) is 60.8 Å². The fourth-order valence-electron chi connectivity index (χ4n) is 6.32. The van der Waals surface area contributed by atoms with Crippen molar-refractivity contribution < 1.29 is 0 Å². The van der Waals surface area contributed by atoms with Gasteiger partial charge in [0.25, 0.3) is 0 Å². The van der Waals surface area contributed by atoms with Crippen molar-refractivity contribution in [3.63, 3.8) is 0 Å². The van der Waals surface area contributed by atoms with Crippen molar-refractivity contribution in [1.82, 2.24) is 15.0 Å². The van der Waals surface area contributed by atoms with Crippen molar-refractivity contribution in [1.29, 1.82) is 10.5 Å². The number of hydrogen-bond donors (Lipinski definition) is 0. The van der Waals surface area contributed by atoms with E-state index in [1.165, 1.54) is 0 Å². The molecule has 1 aromatic heterocycles. The van der Waals surface area contributed by atoms with E-state index < -0.39 is 0 Å². The van der Waals surface area contributed by atoms with Crippen LogP contribution in [0.5, 0.6) is 0 Å². The molecule has 0 spiro atoms. The van der Waals surface area contributed by atoms with Crippen LogP contribution in [0, 0.1) is 22.7 Å². The lowest BCUT2D eigenvalue weighted by molar-refractivity contribution is 1.07. The molecule has 0 bridgehead atoms. The van der Waals surface area contributed by atoms with Gasteiger partial charge in [0.05, 0.1) is 23.3 Å². The third-order valence-electron chi connectivity index (χ3n) is 8.78. The second-order valence-corrected chi connectivity index (χ2v) is 11.9. The molecule has 8 rings (SSSR count). The Balaban J connectivity index is 1.18. The highest BCUT2D eigenvalue weighted by molar-refractivity contribution is 6.06. The van der Waals surface area contributed by atoms with Crippen LogP contribution in [0.4, 0.5) is 0 Å². The molecule has 0 unspecified atom stereocenters. The van der Waals surface area contributed by atoms with Gasteiger partial charge in [-0.2, -0.15) is 10.5 Å². The summed E-state index contributed by atoms with van der Waals surface area (Å²) in [5.74, 6) is 1.88. The summed E-state index contributed by atoms with van der Waals surface area (Å²) in [5.41, 5.74) is 9.91. The lowest BCUT2D eigenvalue weighted by Gasteiger charge is -2.14. The third-order valence-corrected chi connectivity index (χ3v) is 8.78. The van der Waals surface area contributed by atoms with E-state index in [0.29, 0.717) is 28.6 Å². The Morgan fingerprint density at radius 2 is 0.740 bits per heavy atom. The van der Waals surface area contributed by atoms with Gasteiger partial charge >= 0.3 is 0 Å². The summed E-state index contributed by atoms with van der Waals surface area (Å²) in [6.07, 6.45) is 0. The summed E-state index contributed by atoms with van der Waals surface area (Å²) in [7, 11) is 0. The Bertz CT molecular complexity index is 2490. The smallest absolute Gasteiger partial charge is 0.164 e. The Kier molecular flexibility index (Phi) is 7.91. The van der Waals surface area contributed by atoms with E-state index >= 15 is 0 Å². The van der Waals surface area contributed by atoms with Crippen molar-refractivity contribution in [3.05, 3.63) is 175 Å². The zero-order valence-corrected chi connectivity index (χ0v) is 26.8. The molecular weight excluding hydrogens is 611 g/mol. The number of hydrogen-bond acceptors (Lipinski definition) is 5. The van der Waals surface area contributed by atoms with Crippen molar-refractivity contribution >= 4 is 10.8 Å². The molecule has 1 heterocycles. The molecular formula is C45H27N5. The van der Waals surface area contributed by atoms with Crippen LogP contribution < -0.4 is 0 Å². The maximum Gasteiger partial charge on any atom is 0.164 e. The van der Waals surface area contributed by atoms with Crippen LogP contribution >= 0.6 is 0 Å². The summed E-state index contributed by atoms with van der Waals surface area (Å²) in [6, 6.07) is 59.0. The van der Waals surface area contributed by atoms with E-state index in [2.05, 4.69) is 84.9 Å². The van der Waals surface area contributed by atoms with Gasteiger partial charge in [-0.05, 0) is 62.4 Å². The van der Waals surface area contributed by atoms with E-state index in [4.69, 9.17) is 15.0 Å². The van der Waals surface area contributed by atoms with Crippen LogP contribution in [0.15, 0.2) is 164 Å². The summed E-state index contributed by atoms with van der Waals surface area (Å²) in [6.45, 7) is 0. The van der Waals surface area contributed by atoms with Crippen LogP contribution in [0.2, 0.25) is 0 Å². The maximum absolute atomic E-state index is 9.46. The molecule has 0 N–H and O–H groups in total. The summed E-state index contributed by atoms with van der Waals surface area (Å²) in [4.78, 5) is 14.6. The van der Waals surface area contributed by atoms with Gasteiger partial charge in [0.15, 0.2) is 17.5 Å². The molecule has 7 aromatic carbocycles. The largest absolute Gasteiger partial charge is 0.208 e. The molecule has 0 radical (unpaired) electrons. The number of nitriles is 2. The number of benzene rings is 7. The molecule has 5 heteroatoms. The third kappa shape index (κ3) is 5.88. The van der Waals surface area contributed by atoms with Gasteiger partial charge in [0, 0.05) is 16.7 Å². The number of fused-ring (bicyclic) bond motifs is 1. The fourth-order valence-corrected chi connectivity index (χ4v) is 6.32. The lowest BCUT2D eigenvalue weighted by atomic mass is 9.90. The van der Waals surface area contributed by atoms with Crippen LogP contribution in [0.1, 0.15) is 11.1 Å². The monoisotopic (exact) mass is 637 g/mol. The molecule has 0 saturated heterocycles. The summed E-state index contributed by atoms with van der Waals surface area (Å²) in [5, 5.41) is 21.2. The predicted molar refractivity (Wildman–Crippen MR) is 199 cm³/mol. The molecule has 8 aromatic rings. The fraction of sp³-hybridized carbons (Fsp3) is 0. The molecule has 5 nitrogen and oxygen atoms in total. The average Bonchev–Trinajstić information content (AvgIpc) is 3.20. The Morgan fingerprint density at radius 3 is 1.18 bits per heavy atom. The minimum absolute atomic E-state index is 0.469. The highest BCUT2D eigenvalue weighted by atomic mass is 15.0. The first-order chi connectivity index (χ1) is 24.7. The Morgan fingerprint density at radius 1 is 0.340 bits per heavy atom.